The molecule has 4 aromatic heterocycles. The second-order valence-electron chi connectivity index (χ2n) is 26.2. The van der Waals surface area contributed by atoms with E-state index in [1.807, 2.05) is 0 Å². The summed E-state index contributed by atoms with van der Waals surface area (Å²) in [6.45, 7) is 23.1. The van der Waals surface area contributed by atoms with E-state index in [2.05, 4.69) is 318 Å². The Kier molecular flexibility index (Phi) is 11.7. The Labute approximate surface area is 493 Å². The summed E-state index contributed by atoms with van der Waals surface area (Å²) in [5.41, 5.74) is 24.2. The lowest BCUT2D eigenvalue weighted by Gasteiger charge is -2.31. The van der Waals surface area contributed by atoms with E-state index < -0.39 is 0 Å². The normalized spacial score (nSPS) is 12.6. The first-order valence-electron chi connectivity index (χ1n) is 30.1. The molecule has 84 heavy (non-hydrogen) atoms. The number of rotatable bonds is 10. The zero-order valence-electron chi connectivity index (χ0n) is 49.9. The summed E-state index contributed by atoms with van der Waals surface area (Å²) in [7, 11) is 0. The monoisotopic (exact) mass is 1090 g/mol. The largest absolute Gasteiger partial charge is 0.309 e. The minimum Gasteiger partial charge on any atom is -0.309 e. The Balaban J connectivity index is 1.01. The molecule has 4 heterocycles. The first-order valence-corrected chi connectivity index (χ1v) is 30.1. The van der Waals surface area contributed by atoms with Gasteiger partial charge in [0, 0.05) is 65.6 Å². The zero-order valence-corrected chi connectivity index (χ0v) is 49.9. The van der Waals surface area contributed by atoms with Crippen LogP contribution in [0, 0.1) is 0 Å². The molecular weight excluding hydrogens is 1020 g/mol. The van der Waals surface area contributed by atoms with Crippen molar-refractivity contribution in [1.29, 1.82) is 0 Å². The zero-order chi connectivity index (χ0) is 57.5. The number of hydrogen-bond donors (Lipinski definition) is 0. The smallest absolute Gasteiger partial charge is 0.0641 e. The standard InChI is InChI=1S/C80H70N4/c1-49(2)53-35-39-69(63(43-53)51-23-13-11-14-24-51)81(57-29-21-27-55(45-57)79(5,6)7)71-41-37-59-65-47-74-66(48-73(65)83-67-33-19-17-31-61(67)75(71)77(59)83)60-38-42-72(76-62-32-18-20-34-68(62)84(74)78(60)76)82(58-30-22-28-56(46-58)80(8,9)10)70-40-36-54(50(3)4)44-64(70)52-25-15-12-16-26-52/h11-50H,1-10H3. The van der Waals surface area contributed by atoms with Gasteiger partial charge in [0.1, 0.15) is 0 Å². The highest BCUT2D eigenvalue weighted by atomic mass is 15.2. The second-order valence-corrected chi connectivity index (χ2v) is 26.2. The van der Waals surface area contributed by atoms with E-state index in [1.165, 1.54) is 121 Å². The Hall–Kier alpha value is -9.38. The summed E-state index contributed by atoms with van der Waals surface area (Å²) >= 11 is 0. The third kappa shape index (κ3) is 7.94. The lowest BCUT2D eigenvalue weighted by molar-refractivity contribution is 0.590. The summed E-state index contributed by atoms with van der Waals surface area (Å²) < 4.78 is 5.16. The van der Waals surface area contributed by atoms with Crippen molar-refractivity contribution in [1.82, 2.24) is 8.80 Å². The molecule has 11 aromatic carbocycles. The number of nitrogens with zero attached hydrogens (tertiary/aromatic N) is 4. The molecule has 0 aliphatic rings. The Morgan fingerprint density at radius 1 is 0.310 bits per heavy atom. The van der Waals surface area contributed by atoms with Crippen molar-refractivity contribution in [3.8, 4) is 22.3 Å². The van der Waals surface area contributed by atoms with Crippen molar-refractivity contribution in [2.45, 2.75) is 91.9 Å². The molecule has 0 N–H and O–H groups in total. The molecule has 0 aliphatic heterocycles. The Morgan fingerprint density at radius 3 is 1.08 bits per heavy atom. The molecule has 0 aliphatic carbocycles. The van der Waals surface area contributed by atoms with Gasteiger partial charge in [-0.3, -0.25) is 0 Å². The maximum Gasteiger partial charge on any atom is 0.0641 e. The van der Waals surface area contributed by atoms with Crippen molar-refractivity contribution >= 4 is 110 Å². The van der Waals surface area contributed by atoms with E-state index >= 15 is 0 Å². The van der Waals surface area contributed by atoms with Gasteiger partial charge >= 0.3 is 0 Å². The van der Waals surface area contributed by atoms with Gasteiger partial charge in [-0.1, -0.05) is 215 Å². The fraction of sp³-hybridized carbons (Fsp3) is 0.175. The van der Waals surface area contributed by atoms with Gasteiger partial charge < -0.3 is 18.6 Å². The fourth-order valence-corrected chi connectivity index (χ4v) is 13.8. The lowest BCUT2D eigenvalue weighted by Crippen LogP contribution is -2.15. The van der Waals surface area contributed by atoms with Crippen LogP contribution in [0.5, 0.6) is 0 Å². The van der Waals surface area contributed by atoms with Gasteiger partial charge in [0.2, 0.25) is 0 Å². The number of aromatic nitrogens is 2. The van der Waals surface area contributed by atoms with Crippen LogP contribution in [0.1, 0.15) is 103 Å². The lowest BCUT2D eigenvalue weighted by atomic mass is 9.86. The summed E-state index contributed by atoms with van der Waals surface area (Å²) in [6.07, 6.45) is 0. The molecule has 0 fully saturated rings. The van der Waals surface area contributed by atoms with E-state index in [0.29, 0.717) is 11.8 Å². The summed E-state index contributed by atoms with van der Waals surface area (Å²) in [5, 5.41) is 9.96. The number of para-hydroxylation sites is 2. The van der Waals surface area contributed by atoms with Gasteiger partial charge in [-0.2, -0.15) is 0 Å². The number of hydrogen-bond acceptors (Lipinski definition) is 2. The molecule has 0 bridgehead atoms. The summed E-state index contributed by atoms with van der Waals surface area (Å²) in [4.78, 5) is 5.11. The topological polar surface area (TPSA) is 15.3 Å². The predicted octanol–water partition coefficient (Wildman–Crippen LogP) is 23.1. The van der Waals surface area contributed by atoms with E-state index in [1.54, 1.807) is 0 Å². The van der Waals surface area contributed by atoms with Crippen LogP contribution in [-0.2, 0) is 10.8 Å². The molecule has 0 unspecified atom stereocenters. The van der Waals surface area contributed by atoms with E-state index in [4.69, 9.17) is 0 Å². The average molecular weight is 1090 g/mol. The van der Waals surface area contributed by atoms with E-state index in [0.717, 1.165) is 34.1 Å². The molecular formula is C80H70N4. The Bertz CT molecular complexity index is 4720. The van der Waals surface area contributed by atoms with Crippen molar-refractivity contribution in [3.63, 3.8) is 0 Å². The third-order valence-corrected chi connectivity index (χ3v) is 18.2. The predicted molar refractivity (Wildman–Crippen MR) is 362 cm³/mol. The van der Waals surface area contributed by atoms with Crippen LogP contribution in [0.3, 0.4) is 0 Å². The van der Waals surface area contributed by atoms with E-state index in [-0.39, 0.29) is 10.8 Å². The van der Waals surface area contributed by atoms with Gasteiger partial charge in [-0.15, -0.1) is 0 Å². The van der Waals surface area contributed by atoms with Crippen LogP contribution in [0.2, 0.25) is 0 Å². The molecule has 0 amide bonds. The minimum atomic E-state index is -0.0502. The highest BCUT2D eigenvalue weighted by molar-refractivity contribution is 6.32. The van der Waals surface area contributed by atoms with Gasteiger partial charge in [0.05, 0.1) is 55.8 Å². The summed E-state index contributed by atoms with van der Waals surface area (Å²) in [5.74, 6) is 0.747. The average Bonchev–Trinajstić information content (AvgIpc) is 4.45. The minimum absolute atomic E-state index is 0.0502. The van der Waals surface area contributed by atoms with Gasteiger partial charge in [-0.25, -0.2) is 0 Å². The molecule has 410 valence electrons. The fourth-order valence-electron chi connectivity index (χ4n) is 13.8. The van der Waals surface area contributed by atoms with Crippen LogP contribution in [0.15, 0.2) is 231 Å². The van der Waals surface area contributed by atoms with Crippen LogP contribution < -0.4 is 9.80 Å². The second kappa shape index (κ2) is 19.1. The van der Waals surface area contributed by atoms with Crippen LogP contribution in [0.25, 0.3) is 98.4 Å². The van der Waals surface area contributed by atoms with E-state index in [9.17, 15) is 0 Å². The van der Waals surface area contributed by atoms with Crippen molar-refractivity contribution < 1.29 is 0 Å². The number of anilines is 6. The Morgan fingerprint density at radius 2 is 0.690 bits per heavy atom. The molecule has 15 aromatic rings. The van der Waals surface area contributed by atoms with Gasteiger partial charge in [-0.05, 0) is 141 Å². The van der Waals surface area contributed by atoms with Crippen LogP contribution >= 0.6 is 0 Å². The first-order chi connectivity index (χ1) is 40.6. The maximum absolute atomic E-state index is 2.58. The molecule has 0 saturated carbocycles. The summed E-state index contributed by atoms with van der Waals surface area (Å²) in [6, 6.07) is 87.6. The molecule has 4 nitrogen and oxygen atoms in total. The number of fused-ring (bicyclic) bond motifs is 12. The highest BCUT2D eigenvalue weighted by Gasteiger charge is 2.31. The van der Waals surface area contributed by atoms with Gasteiger partial charge in [0.25, 0.3) is 0 Å². The third-order valence-electron chi connectivity index (χ3n) is 18.2. The highest BCUT2D eigenvalue weighted by Crippen LogP contribution is 2.54. The molecule has 0 atom stereocenters. The molecule has 4 heteroatoms. The quantitative estimate of drug-likeness (QED) is 0.136. The first kappa shape index (κ1) is 51.5. The van der Waals surface area contributed by atoms with Gasteiger partial charge in [0.15, 0.2) is 0 Å². The van der Waals surface area contributed by atoms with Crippen molar-refractivity contribution in [2.75, 3.05) is 9.80 Å². The van der Waals surface area contributed by atoms with Crippen LogP contribution in [0.4, 0.5) is 34.1 Å². The maximum atomic E-state index is 2.58. The molecule has 0 spiro atoms. The van der Waals surface area contributed by atoms with Crippen LogP contribution in [-0.4, -0.2) is 8.80 Å². The molecule has 15 rings (SSSR count). The van der Waals surface area contributed by atoms with Crippen molar-refractivity contribution in [2.24, 2.45) is 0 Å². The number of benzene rings is 11. The molecule has 0 saturated heterocycles. The SMILES string of the molecule is CC(C)c1ccc(N(c2cccc(C(C)(C)C)c2)c2ccc3c4cc5c(cc4n4c6ccccc6c2c34)c2ccc(N(c3cccc(C(C)(C)C)c3)c3ccc(C(C)C)cc3-c3ccccc3)c3c4ccccc4n5c23)c(-c2ccccc2)c1. The molecule has 0 radical (unpaired) electrons. The van der Waals surface area contributed by atoms with Crippen molar-refractivity contribution in [3.05, 3.63) is 253 Å².